The molecule has 0 radical (unpaired) electrons. The van der Waals surface area contributed by atoms with Crippen LogP contribution in [-0.4, -0.2) is 31.3 Å². The third kappa shape index (κ3) is 3.45. The monoisotopic (exact) mass is 264 g/mol. The van der Waals surface area contributed by atoms with E-state index in [1.165, 1.54) is 0 Å². The van der Waals surface area contributed by atoms with Gasteiger partial charge in [-0.1, -0.05) is 6.07 Å². The summed E-state index contributed by atoms with van der Waals surface area (Å²) in [6, 6.07) is 7.31. The summed E-state index contributed by atoms with van der Waals surface area (Å²) in [6.45, 7) is 3.57. The zero-order chi connectivity index (χ0) is 13.7. The molecule has 5 nitrogen and oxygen atoms in total. The lowest BCUT2D eigenvalue weighted by Crippen LogP contribution is -2.54. The Morgan fingerprint density at radius 2 is 2.21 bits per heavy atom. The average molecular weight is 264 g/mol. The summed E-state index contributed by atoms with van der Waals surface area (Å²) in [5.74, 6) is 0.572. The summed E-state index contributed by atoms with van der Waals surface area (Å²) in [5, 5.41) is 2.85. The van der Waals surface area contributed by atoms with Crippen molar-refractivity contribution >= 4 is 11.6 Å². The van der Waals surface area contributed by atoms with Gasteiger partial charge in [0.1, 0.15) is 11.3 Å². The number of nitrogens with two attached hydrogens (primary N) is 1. The number of carbonyl (C=O) groups is 1. The third-order valence-electron chi connectivity index (χ3n) is 3.24. The molecule has 0 unspecified atom stereocenters. The van der Waals surface area contributed by atoms with Crippen molar-refractivity contribution in [3.05, 3.63) is 24.3 Å². The Balaban J connectivity index is 2.03. The van der Waals surface area contributed by atoms with Crippen molar-refractivity contribution in [3.63, 3.8) is 0 Å². The van der Waals surface area contributed by atoms with Gasteiger partial charge >= 0.3 is 0 Å². The van der Waals surface area contributed by atoms with Crippen LogP contribution >= 0.6 is 0 Å². The molecule has 1 aromatic rings. The second-order valence-corrected chi connectivity index (χ2v) is 4.68. The molecule has 3 N–H and O–H groups in total. The number of nitrogens with one attached hydrogen (secondary N) is 1. The van der Waals surface area contributed by atoms with Gasteiger partial charge in [-0.25, -0.2) is 0 Å². The molecule has 1 heterocycles. The lowest BCUT2D eigenvalue weighted by atomic mass is 9.90. The van der Waals surface area contributed by atoms with Gasteiger partial charge in [0.15, 0.2) is 0 Å². The van der Waals surface area contributed by atoms with Crippen LogP contribution in [-0.2, 0) is 9.53 Å². The maximum atomic E-state index is 12.2. The zero-order valence-corrected chi connectivity index (χ0v) is 11.1. The van der Waals surface area contributed by atoms with Gasteiger partial charge in [0.05, 0.1) is 6.61 Å². The number of ether oxygens (including phenoxy) is 2. The largest absolute Gasteiger partial charge is 0.494 e. The molecule has 2 rings (SSSR count). The normalized spacial score (nSPS) is 17.8. The number of benzene rings is 1. The topological polar surface area (TPSA) is 73.6 Å². The maximum Gasteiger partial charge on any atom is 0.244 e. The van der Waals surface area contributed by atoms with E-state index in [-0.39, 0.29) is 5.91 Å². The van der Waals surface area contributed by atoms with Crippen molar-refractivity contribution in [1.29, 1.82) is 0 Å². The van der Waals surface area contributed by atoms with E-state index in [2.05, 4.69) is 5.32 Å². The van der Waals surface area contributed by atoms with Gasteiger partial charge in [-0.3, -0.25) is 4.79 Å². The number of amides is 1. The van der Waals surface area contributed by atoms with Crippen molar-refractivity contribution in [1.82, 2.24) is 0 Å². The Morgan fingerprint density at radius 1 is 1.47 bits per heavy atom. The van der Waals surface area contributed by atoms with Gasteiger partial charge < -0.3 is 20.5 Å². The van der Waals surface area contributed by atoms with Crippen molar-refractivity contribution in [3.8, 4) is 5.75 Å². The molecule has 0 bridgehead atoms. The van der Waals surface area contributed by atoms with Gasteiger partial charge in [0.25, 0.3) is 0 Å². The molecule has 0 saturated carbocycles. The summed E-state index contributed by atoms with van der Waals surface area (Å²) in [5.41, 5.74) is 5.99. The molecule has 1 fully saturated rings. The fraction of sp³-hybridized carbons (Fsp3) is 0.500. The van der Waals surface area contributed by atoms with E-state index < -0.39 is 5.54 Å². The van der Waals surface area contributed by atoms with Gasteiger partial charge in [-0.05, 0) is 31.9 Å². The van der Waals surface area contributed by atoms with Crippen LogP contribution in [0.5, 0.6) is 5.75 Å². The predicted octanol–water partition coefficient (Wildman–Crippen LogP) is 1.53. The molecule has 104 valence electrons. The van der Waals surface area contributed by atoms with E-state index in [0.29, 0.717) is 38.3 Å². The average Bonchev–Trinajstić information content (AvgIpc) is 2.40. The first-order valence-electron chi connectivity index (χ1n) is 6.55. The minimum atomic E-state index is -0.833. The number of hydrogen-bond acceptors (Lipinski definition) is 4. The molecule has 5 heteroatoms. The highest BCUT2D eigenvalue weighted by molar-refractivity contribution is 5.98. The van der Waals surface area contributed by atoms with E-state index in [0.717, 1.165) is 5.75 Å². The van der Waals surface area contributed by atoms with Gasteiger partial charge in [-0.2, -0.15) is 0 Å². The second-order valence-electron chi connectivity index (χ2n) is 4.68. The van der Waals surface area contributed by atoms with Crippen LogP contribution < -0.4 is 15.8 Å². The van der Waals surface area contributed by atoms with Crippen molar-refractivity contribution in [2.75, 3.05) is 25.1 Å². The highest BCUT2D eigenvalue weighted by Crippen LogP contribution is 2.22. The van der Waals surface area contributed by atoms with E-state index in [1.807, 2.05) is 25.1 Å². The third-order valence-corrected chi connectivity index (χ3v) is 3.24. The summed E-state index contributed by atoms with van der Waals surface area (Å²) < 4.78 is 10.6. The number of carbonyl (C=O) groups excluding carboxylic acids is 1. The summed E-state index contributed by atoms with van der Waals surface area (Å²) in [6.07, 6.45) is 1.09. The van der Waals surface area contributed by atoms with Crippen LogP contribution in [0.1, 0.15) is 19.8 Å². The van der Waals surface area contributed by atoms with Gasteiger partial charge in [-0.15, -0.1) is 0 Å². The quantitative estimate of drug-likeness (QED) is 0.865. The van der Waals surface area contributed by atoms with Crippen LogP contribution in [0.4, 0.5) is 5.69 Å². The number of hydrogen-bond donors (Lipinski definition) is 2. The molecule has 1 amide bonds. The lowest BCUT2D eigenvalue weighted by molar-refractivity contribution is -0.124. The van der Waals surface area contributed by atoms with E-state index in [9.17, 15) is 4.79 Å². The molecule has 0 aliphatic carbocycles. The highest BCUT2D eigenvalue weighted by Gasteiger charge is 2.35. The van der Waals surface area contributed by atoms with Crippen molar-refractivity contribution < 1.29 is 14.3 Å². The smallest absolute Gasteiger partial charge is 0.244 e. The molecule has 1 aliphatic heterocycles. The van der Waals surface area contributed by atoms with Gasteiger partial charge in [0.2, 0.25) is 5.91 Å². The predicted molar refractivity (Wildman–Crippen MR) is 73.2 cm³/mol. The molecule has 0 aromatic heterocycles. The zero-order valence-electron chi connectivity index (χ0n) is 11.1. The molecule has 0 atom stereocenters. The summed E-state index contributed by atoms with van der Waals surface area (Å²) in [4.78, 5) is 12.2. The first-order valence-corrected chi connectivity index (χ1v) is 6.55. The Labute approximate surface area is 113 Å². The molecular formula is C14H20N2O3. The first-order chi connectivity index (χ1) is 9.14. The van der Waals surface area contributed by atoms with E-state index in [1.54, 1.807) is 6.07 Å². The number of rotatable bonds is 4. The highest BCUT2D eigenvalue weighted by atomic mass is 16.5. The summed E-state index contributed by atoms with van der Waals surface area (Å²) >= 11 is 0. The minimum Gasteiger partial charge on any atom is -0.494 e. The molecular weight excluding hydrogens is 244 g/mol. The molecule has 1 saturated heterocycles. The minimum absolute atomic E-state index is 0.163. The van der Waals surface area contributed by atoms with E-state index in [4.69, 9.17) is 15.2 Å². The maximum absolute atomic E-state index is 12.2. The SMILES string of the molecule is CCOc1cccc(NC(=O)C2(N)CCOCC2)c1. The van der Waals surface area contributed by atoms with E-state index >= 15 is 0 Å². The standard InChI is InChI=1S/C14H20N2O3/c1-2-19-12-5-3-4-11(10-12)16-13(17)14(15)6-8-18-9-7-14/h3-5,10H,2,6-9,15H2,1H3,(H,16,17). The Morgan fingerprint density at radius 3 is 2.89 bits per heavy atom. The van der Waals surface area contributed by atoms with Crippen LogP contribution in [0.15, 0.2) is 24.3 Å². The van der Waals surface area contributed by atoms with Crippen LogP contribution in [0.3, 0.4) is 0 Å². The van der Waals surface area contributed by atoms with Crippen LogP contribution in [0.25, 0.3) is 0 Å². The Hall–Kier alpha value is -1.59. The fourth-order valence-corrected chi connectivity index (χ4v) is 2.05. The number of anilines is 1. The Kier molecular flexibility index (Phi) is 4.39. The van der Waals surface area contributed by atoms with Crippen molar-refractivity contribution in [2.45, 2.75) is 25.3 Å². The summed E-state index contributed by atoms with van der Waals surface area (Å²) in [7, 11) is 0. The lowest BCUT2D eigenvalue weighted by Gasteiger charge is -2.31. The van der Waals surface area contributed by atoms with Gasteiger partial charge in [0, 0.05) is 25.0 Å². The van der Waals surface area contributed by atoms with Crippen LogP contribution in [0, 0.1) is 0 Å². The van der Waals surface area contributed by atoms with Crippen LogP contribution in [0.2, 0.25) is 0 Å². The second kappa shape index (κ2) is 6.04. The first kappa shape index (κ1) is 13.8. The molecule has 1 aliphatic rings. The van der Waals surface area contributed by atoms with Crippen molar-refractivity contribution in [2.24, 2.45) is 5.73 Å². The molecule has 0 spiro atoms. The molecule has 1 aromatic carbocycles. The Bertz CT molecular complexity index is 442. The fourth-order valence-electron chi connectivity index (χ4n) is 2.05. The molecule has 19 heavy (non-hydrogen) atoms.